The number of aryl methyl sites for hydroxylation is 1. The summed E-state index contributed by atoms with van der Waals surface area (Å²) in [5, 5.41) is 0. The van der Waals surface area contributed by atoms with E-state index in [4.69, 9.17) is 10.5 Å². The van der Waals surface area contributed by atoms with Gasteiger partial charge in [-0.15, -0.1) is 0 Å². The molecule has 0 aromatic carbocycles. The van der Waals surface area contributed by atoms with Gasteiger partial charge in [-0.05, 0) is 18.6 Å². The van der Waals surface area contributed by atoms with Crippen LogP contribution in [0.4, 0.5) is 5.82 Å². The molecule has 4 nitrogen and oxygen atoms in total. The van der Waals surface area contributed by atoms with E-state index in [1.54, 1.807) is 0 Å². The van der Waals surface area contributed by atoms with Crippen molar-refractivity contribution in [1.82, 2.24) is 4.98 Å². The topological polar surface area (TPSA) is 51.4 Å². The zero-order chi connectivity index (χ0) is 10.7. The van der Waals surface area contributed by atoms with Gasteiger partial charge in [-0.1, -0.05) is 6.07 Å². The van der Waals surface area contributed by atoms with E-state index in [0.717, 1.165) is 19.0 Å². The molecule has 0 spiro atoms. The Morgan fingerprint density at radius 3 is 3.27 bits per heavy atom. The van der Waals surface area contributed by atoms with E-state index < -0.39 is 0 Å². The number of hydrogen-bond donors (Lipinski definition) is 1. The molecular formula is C11H17N3O. The predicted octanol–water partition coefficient (Wildman–Crippen LogP) is 0.554. The molecule has 1 fully saturated rings. The number of nitrogens with zero attached hydrogens (tertiary/aromatic N) is 2. The first kappa shape index (κ1) is 10.4. The minimum Gasteiger partial charge on any atom is -0.377 e. The smallest absolute Gasteiger partial charge is 0.131 e. The molecule has 1 aromatic rings. The molecule has 1 aromatic heterocycles. The van der Waals surface area contributed by atoms with Gasteiger partial charge in [0.2, 0.25) is 0 Å². The van der Waals surface area contributed by atoms with E-state index in [1.807, 2.05) is 12.3 Å². The van der Waals surface area contributed by atoms with E-state index in [2.05, 4.69) is 22.9 Å². The minimum atomic E-state index is 0.257. The maximum Gasteiger partial charge on any atom is 0.131 e. The molecule has 0 aliphatic carbocycles. The molecule has 1 aliphatic rings. The minimum absolute atomic E-state index is 0.257. The van der Waals surface area contributed by atoms with Crippen molar-refractivity contribution in [3.63, 3.8) is 0 Å². The van der Waals surface area contributed by atoms with Crippen molar-refractivity contribution in [2.24, 2.45) is 5.73 Å². The molecule has 0 radical (unpaired) electrons. The predicted molar refractivity (Wildman–Crippen MR) is 60.0 cm³/mol. The molecule has 2 heterocycles. The van der Waals surface area contributed by atoms with E-state index in [0.29, 0.717) is 13.2 Å². The summed E-state index contributed by atoms with van der Waals surface area (Å²) in [7, 11) is 0. The molecule has 82 valence electrons. The quantitative estimate of drug-likeness (QED) is 0.769. The second kappa shape index (κ2) is 4.59. The fourth-order valence-electron chi connectivity index (χ4n) is 1.91. The van der Waals surface area contributed by atoms with Crippen LogP contribution in [0.2, 0.25) is 0 Å². The second-order valence-electron chi connectivity index (χ2n) is 3.80. The fraction of sp³-hybridized carbons (Fsp3) is 0.545. The van der Waals surface area contributed by atoms with Gasteiger partial charge in [0.05, 0.1) is 19.3 Å². The van der Waals surface area contributed by atoms with Gasteiger partial charge < -0.3 is 15.4 Å². The second-order valence-corrected chi connectivity index (χ2v) is 3.80. The Labute approximate surface area is 90.0 Å². The normalized spacial score (nSPS) is 21.7. The number of anilines is 1. The summed E-state index contributed by atoms with van der Waals surface area (Å²) in [5.74, 6) is 1.04. The summed E-state index contributed by atoms with van der Waals surface area (Å²) in [6.07, 6.45) is 1.82. The SMILES string of the molecule is Cc1cccnc1N1CCOCC1CN. The van der Waals surface area contributed by atoms with E-state index in [-0.39, 0.29) is 6.04 Å². The first-order valence-corrected chi connectivity index (χ1v) is 5.29. The highest BCUT2D eigenvalue weighted by Crippen LogP contribution is 2.20. The highest BCUT2D eigenvalue weighted by molar-refractivity contribution is 5.47. The lowest BCUT2D eigenvalue weighted by Gasteiger charge is -2.36. The van der Waals surface area contributed by atoms with E-state index in [1.165, 1.54) is 5.56 Å². The van der Waals surface area contributed by atoms with E-state index in [9.17, 15) is 0 Å². The number of rotatable bonds is 2. The van der Waals surface area contributed by atoms with Crippen molar-refractivity contribution in [2.75, 3.05) is 31.2 Å². The summed E-state index contributed by atoms with van der Waals surface area (Å²) in [5.41, 5.74) is 6.92. The van der Waals surface area contributed by atoms with Crippen LogP contribution in [0.5, 0.6) is 0 Å². The van der Waals surface area contributed by atoms with Crippen LogP contribution in [0.1, 0.15) is 5.56 Å². The molecule has 1 saturated heterocycles. The van der Waals surface area contributed by atoms with Crippen LogP contribution < -0.4 is 10.6 Å². The maximum absolute atomic E-state index is 5.73. The monoisotopic (exact) mass is 207 g/mol. The van der Waals surface area contributed by atoms with E-state index >= 15 is 0 Å². The van der Waals surface area contributed by atoms with Crippen molar-refractivity contribution >= 4 is 5.82 Å². The van der Waals surface area contributed by atoms with Crippen molar-refractivity contribution in [2.45, 2.75) is 13.0 Å². The van der Waals surface area contributed by atoms with Gasteiger partial charge in [-0.25, -0.2) is 4.98 Å². The molecule has 0 bridgehead atoms. The lowest BCUT2D eigenvalue weighted by atomic mass is 10.2. The van der Waals surface area contributed by atoms with Crippen molar-refractivity contribution < 1.29 is 4.74 Å². The van der Waals surface area contributed by atoms with Gasteiger partial charge in [-0.2, -0.15) is 0 Å². The van der Waals surface area contributed by atoms with Crippen LogP contribution in [0.3, 0.4) is 0 Å². The van der Waals surface area contributed by atoms with Gasteiger partial charge in [0.15, 0.2) is 0 Å². The summed E-state index contributed by atoms with van der Waals surface area (Å²) in [6, 6.07) is 4.29. The molecule has 2 N–H and O–H groups in total. The highest BCUT2D eigenvalue weighted by Gasteiger charge is 2.23. The largest absolute Gasteiger partial charge is 0.377 e. The van der Waals surface area contributed by atoms with Gasteiger partial charge in [-0.3, -0.25) is 0 Å². The van der Waals surface area contributed by atoms with Crippen molar-refractivity contribution in [3.8, 4) is 0 Å². The zero-order valence-electron chi connectivity index (χ0n) is 9.02. The van der Waals surface area contributed by atoms with Crippen LogP contribution in [0.25, 0.3) is 0 Å². The molecule has 0 amide bonds. The first-order valence-electron chi connectivity index (χ1n) is 5.29. The summed E-state index contributed by atoms with van der Waals surface area (Å²) >= 11 is 0. The Morgan fingerprint density at radius 1 is 1.67 bits per heavy atom. The summed E-state index contributed by atoms with van der Waals surface area (Å²) < 4.78 is 5.42. The van der Waals surface area contributed by atoms with Gasteiger partial charge in [0, 0.05) is 19.3 Å². The molecule has 0 saturated carbocycles. The first-order chi connectivity index (χ1) is 7.33. The van der Waals surface area contributed by atoms with Crippen LogP contribution in [0.15, 0.2) is 18.3 Å². The van der Waals surface area contributed by atoms with Crippen molar-refractivity contribution in [3.05, 3.63) is 23.9 Å². The van der Waals surface area contributed by atoms with Gasteiger partial charge in [0.1, 0.15) is 5.82 Å². The number of nitrogens with two attached hydrogens (primary N) is 1. The molecule has 1 unspecified atom stereocenters. The third-order valence-corrected chi connectivity index (χ3v) is 2.75. The molecule has 1 aliphatic heterocycles. The van der Waals surface area contributed by atoms with Crippen LogP contribution in [-0.2, 0) is 4.74 Å². The Bertz CT molecular complexity index is 329. The van der Waals surface area contributed by atoms with Crippen LogP contribution >= 0.6 is 0 Å². The lowest BCUT2D eigenvalue weighted by Crippen LogP contribution is -2.50. The summed E-state index contributed by atoms with van der Waals surface area (Å²) in [6.45, 7) is 5.01. The maximum atomic E-state index is 5.73. The Hall–Kier alpha value is -1.13. The average Bonchev–Trinajstić information content (AvgIpc) is 2.30. The van der Waals surface area contributed by atoms with Gasteiger partial charge >= 0.3 is 0 Å². The van der Waals surface area contributed by atoms with Gasteiger partial charge in [0.25, 0.3) is 0 Å². The molecule has 2 rings (SSSR count). The Balaban J connectivity index is 2.24. The third-order valence-electron chi connectivity index (χ3n) is 2.75. The number of ether oxygens (including phenoxy) is 1. The number of aromatic nitrogens is 1. The average molecular weight is 207 g/mol. The molecular weight excluding hydrogens is 190 g/mol. The Morgan fingerprint density at radius 2 is 2.53 bits per heavy atom. The zero-order valence-corrected chi connectivity index (χ0v) is 9.02. The number of morpholine rings is 1. The van der Waals surface area contributed by atoms with Crippen molar-refractivity contribution in [1.29, 1.82) is 0 Å². The lowest BCUT2D eigenvalue weighted by molar-refractivity contribution is 0.0958. The standard InChI is InChI=1S/C11H17N3O/c1-9-3-2-4-13-11(9)14-5-6-15-8-10(14)7-12/h2-4,10H,5-8,12H2,1H3. The number of pyridine rings is 1. The number of hydrogen-bond acceptors (Lipinski definition) is 4. The molecule has 4 heteroatoms. The Kier molecular flexibility index (Phi) is 3.18. The van der Waals surface area contributed by atoms with Crippen LogP contribution in [-0.4, -0.2) is 37.3 Å². The summed E-state index contributed by atoms with van der Waals surface area (Å²) in [4.78, 5) is 6.66. The molecule has 15 heavy (non-hydrogen) atoms. The fourth-order valence-corrected chi connectivity index (χ4v) is 1.91. The molecule has 1 atom stereocenters. The highest BCUT2D eigenvalue weighted by atomic mass is 16.5. The third kappa shape index (κ3) is 2.11. The van der Waals surface area contributed by atoms with Crippen LogP contribution in [0, 0.1) is 6.92 Å².